The molecule has 6 nitrogen and oxygen atoms in total. The van der Waals surface area contributed by atoms with Crippen LogP contribution in [0.4, 0.5) is 5.69 Å². The van der Waals surface area contributed by atoms with E-state index in [0.29, 0.717) is 6.54 Å². The molecule has 1 fully saturated rings. The van der Waals surface area contributed by atoms with Gasteiger partial charge in [0.05, 0.1) is 12.8 Å². The topological polar surface area (TPSA) is 73.8 Å². The van der Waals surface area contributed by atoms with Crippen molar-refractivity contribution in [2.75, 3.05) is 25.0 Å². The second-order valence-corrected chi connectivity index (χ2v) is 6.14. The van der Waals surface area contributed by atoms with Gasteiger partial charge in [-0.3, -0.25) is 14.5 Å². The number of nitrogens with one attached hydrogen (secondary N) is 2. The first kappa shape index (κ1) is 18.1. The lowest BCUT2D eigenvalue weighted by Crippen LogP contribution is -2.37. The molecule has 24 heavy (non-hydrogen) atoms. The van der Waals surface area contributed by atoms with Crippen molar-refractivity contribution in [2.24, 2.45) is 5.10 Å². The number of hydrogen-bond acceptors (Lipinski definition) is 4. The highest BCUT2D eigenvalue weighted by Gasteiger charge is 2.11. The maximum atomic E-state index is 12.0. The number of nitrogens with zero attached hydrogens (tertiary/aromatic N) is 2. The van der Waals surface area contributed by atoms with Crippen molar-refractivity contribution in [3.63, 3.8) is 0 Å². The van der Waals surface area contributed by atoms with Crippen LogP contribution in [0.3, 0.4) is 0 Å². The molecule has 2 amide bonds. The second-order valence-electron chi connectivity index (χ2n) is 6.14. The Morgan fingerprint density at radius 1 is 1.08 bits per heavy atom. The highest BCUT2D eigenvalue weighted by molar-refractivity contribution is 5.89. The van der Waals surface area contributed by atoms with Gasteiger partial charge in [0.2, 0.25) is 5.91 Å². The van der Waals surface area contributed by atoms with Crippen LogP contribution in [0.1, 0.15) is 44.6 Å². The van der Waals surface area contributed by atoms with Crippen LogP contribution in [-0.2, 0) is 9.59 Å². The summed E-state index contributed by atoms with van der Waals surface area (Å²) < 4.78 is 0. The highest BCUT2D eigenvalue weighted by atomic mass is 16.2. The molecule has 1 aliphatic heterocycles. The molecule has 0 unspecified atom stereocenters. The molecule has 2 N–H and O–H groups in total. The zero-order chi connectivity index (χ0) is 17.2. The fraction of sp³-hybridized carbons (Fsp3) is 0.500. The number of benzene rings is 1. The summed E-state index contributed by atoms with van der Waals surface area (Å²) in [6, 6.07) is 7.26. The van der Waals surface area contributed by atoms with E-state index in [1.54, 1.807) is 18.3 Å². The number of hydrazone groups is 1. The lowest BCUT2D eigenvalue weighted by atomic mass is 10.1. The molecule has 1 aromatic rings. The summed E-state index contributed by atoms with van der Waals surface area (Å²) in [7, 11) is 0. The van der Waals surface area contributed by atoms with Crippen molar-refractivity contribution in [2.45, 2.75) is 39.0 Å². The third-order valence-corrected chi connectivity index (χ3v) is 3.95. The van der Waals surface area contributed by atoms with Crippen molar-refractivity contribution in [3.8, 4) is 0 Å². The SMILES string of the molecule is CC(=O)Nc1ccc(C=NNC(=O)CN2CCCCCCC2)cc1. The Kier molecular flexibility index (Phi) is 7.42. The number of carbonyl (C=O) groups is 2. The summed E-state index contributed by atoms with van der Waals surface area (Å²) in [6.07, 6.45) is 7.75. The predicted octanol–water partition coefficient (Wildman–Crippen LogP) is 2.36. The summed E-state index contributed by atoms with van der Waals surface area (Å²) in [6.45, 7) is 3.85. The number of carbonyl (C=O) groups excluding carboxylic acids is 2. The number of likely N-dealkylation sites (tertiary alicyclic amines) is 1. The third kappa shape index (κ3) is 6.91. The number of rotatable bonds is 5. The Morgan fingerprint density at radius 3 is 2.33 bits per heavy atom. The van der Waals surface area contributed by atoms with Crippen molar-refractivity contribution in [1.82, 2.24) is 10.3 Å². The van der Waals surface area contributed by atoms with Crippen LogP contribution in [0.5, 0.6) is 0 Å². The maximum Gasteiger partial charge on any atom is 0.254 e. The van der Waals surface area contributed by atoms with Gasteiger partial charge in [-0.2, -0.15) is 5.10 Å². The smallest absolute Gasteiger partial charge is 0.254 e. The van der Waals surface area contributed by atoms with Crippen molar-refractivity contribution < 1.29 is 9.59 Å². The first-order chi connectivity index (χ1) is 11.6. The molecule has 2 rings (SSSR count). The number of anilines is 1. The Labute approximate surface area is 143 Å². The third-order valence-electron chi connectivity index (χ3n) is 3.95. The molecule has 0 radical (unpaired) electrons. The van der Waals surface area contributed by atoms with E-state index in [9.17, 15) is 9.59 Å². The van der Waals surface area contributed by atoms with E-state index in [4.69, 9.17) is 0 Å². The molecule has 0 bridgehead atoms. The van der Waals surface area contributed by atoms with Crippen molar-refractivity contribution in [1.29, 1.82) is 0 Å². The minimum atomic E-state index is -0.104. The van der Waals surface area contributed by atoms with Gasteiger partial charge in [0, 0.05) is 12.6 Å². The average molecular weight is 330 g/mol. The molecule has 0 saturated carbocycles. The van der Waals surface area contributed by atoms with Crippen LogP contribution in [0.2, 0.25) is 0 Å². The molecule has 0 aliphatic carbocycles. The maximum absolute atomic E-state index is 12.0. The molecule has 1 saturated heterocycles. The van der Waals surface area contributed by atoms with Gasteiger partial charge in [0.25, 0.3) is 5.91 Å². The average Bonchev–Trinajstić information content (AvgIpc) is 2.51. The molecule has 1 heterocycles. The van der Waals surface area contributed by atoms with E-state index >= 15 is 0 Å². The Hall–Kier alpha value is -2.21. The molecule has 0 atom stereocenters. The molecule has 0 spiro atoms. The summed E-state index contributed by atoms with van der Waals surface area (Å²) >= 11 is 0. The summed E-state index contributed by atoms with van der Waals surface area (Å²) in [5.41, 5.74) is 4.17. The van der Waals surface area contributed by atoms with Crippen molar-refractivity contribution >= 4 is 23.7 Å². The zero-order valence-corrected chi connectivity index (χ0v) is 14.3. The predicted molar refractivity (Wildman–Crippen MR) is 96.0 cm³/mol. The summed E-state index contributed by atoms with van der Waals surface area (Å²) in [5.74, 6) is -0.186. The van der Waals surface area contributed by atoms with Gasteiger partial charge in [0.1, 0.15) is 0 Å². The number of amides is 2. The molecule has 130 valence electrons. The van der Waals surface area contributed by atoms with Gasteiger partial charge >= 0.3 is 0 Å². The minimum absolute atomic E-state index is 0.0818. The lowest BCUT2D eigenvalue weighted by molar-refractivity contribution is -0.122. The van der Waals surface area contributed by atoms with E-state index in [1.165, 1.54) is 26.2 Å². The summed E-state index contributed by atoms with van der Waals surface area (Å²) in [4.78, 5) is 25.1. The van der Waals surface area contributed by atoms with E-state index in [0.717, 1.165) is 37.2 Å². The standard InChI is InChI=1S/C18H26N4O2/c1-15(23)20-17-9-7-16(8-10-17)13-19-21-18(24)14-22-11-5-3-2-4-6-12-22/h7-10,13H,2-6,11-12,14H2,1H3,(H,20,23)(H,21,24). The van der Waals surface area contributed by atoms with Crippen molar-refractivity contribution in [3.05, 3.63) is 29.8 Å². The van der Waals surface area contributed by atoms with Gasteiger partial charge in [-0.1, -0.05) is 31.4 Å². The fourth-order valence-corrected chi connectivity index (χ4v) is 2.74. The first-order valence-corrected chi connectivity index (χ1v) is 8.55. The zero-order valence-electron chi connectivity index (χ0n) is 14.3. The Morgan fingerprint density at radius 2 is 1.71 bits per heavy atom. The Bertz CT molecular complexity index is 561. The minimum Gasteiger partial charge on any atom is -0.326 e. The van der Waals surface area contributed by atoms with E-state index < -0.39 is 0 Å². The number of hydrogen-bond donors (Lipinski definition) is 2. The lowest BCUT2D eigenvalue weighted by Gasteiger charge is -2.23. The normalized spacial score (nSPS) is 16.4. The van der Waals surface area contributed by atoms with E-state index in [-0.39, 0.29) is 11.8 Å². The largest absolute Gasteiger partial charge is 0.326 e. The monoisotopic (exact) mass is 330 g/mol. The molecule has 1 aromatic carbocycles. The highest BCUT2D eigenvalue weighted by Crippen LogP contribution is 2.10. The first-order valence-electron chi connectivity index (χ1n) is 8.55. The second kappa shape index (κ2) is 9.82. The van der Waals surface area contributed by atoms with Gasteiger partial charge in [-0.05, 0) is 43.6 Å². The van der Waals surface area contributed by atoms with Crippen LogP contribution >= 0.6 is 0 Å². The quantitative estimate of drug-likeness (QED) is 0.643. The molecule has 0 aromatic heterocycles. The van der Waals surface area contributed by atoms with Gasteiger partial charge in [-0.25, -0.2) is 5.43 Å². The van der Waals surface area contributed by atoms with Gasteiger partial charge in [0.15, 0.2) is 0 Å². The molecule has 1 aliphatic rings. The van der Waals surface area contributed by atoms with E-state index in [2.05, 4.69) is 20.7 Å². The van der Waals surface area contributed by atoms with Crippen LogP contribution in [-0.4, -0.2) is 42.6 Å². The van der Waals surface area contributed by atoms with Crippen LogP contribution < -0.4 is 10.7 Å². The van der Waals surface area contributed by atoms with E-state index in [1.807, 2.05) is 12.1 Å². The molecular weight excluding hydrogens is 304 g/mol. The van der Waals surface area contributed by atoms with Crippen LogP contribution in [0, 0.1) is 0 Å². The van der Waals surface area contributed by atoms with Gasteiger partial charge in [-0.15, -0.1) is 0 Å². The Balaban J connectivity index is 1.75. The molecular formula is C18H26N4O2. The summed E-state index contributed by atoms with van der Waals surface area (Å²) in [5, 5.41) is 6.70. The van der Waals surface area contributed by atoms with Crippen LogP contribution in [0.15, 0.2) is 29.4 Å². The van der Waals surface area contributed by atoms with Gasteiger partial charge < -0.3 is 5.32 Å². The van der Waals surface area contributed by atoms with Crippen LogP contribution in [0.25, 0.3) is 0 Å². The molecule has 6 heteroatoms. The fourth-order valence-electron chi connectivity index (χ4n) is 2.74.